The number of carbonyl (C=O) groups is 2. The molecule has 1 saturated heterocycles. The van der Waals surface area contributed by atoms with E-state index in [0.29, 0.717) is 0 Å². The number of hydrogen-bond donors (Lipinski definition) is 1. The summed E-state index contributed by atoms with van der Waals surface area (Å²) in [5.74, 6) is -1.68. The largest absolute Gasteiger partial charge is 0.466 e. The third-order valence-corrected chi connectivity index (χ3v) is 3.67. The summed E-state index contributed by atoms with van der Waals surface area (Å²) in [6, 6.07) is 4.23. The first-order chi connectivity index (χ1) is 10.5. The Morgan fingerprint density at radius 2 is 2.27 bits per heavy atom. The second kappa shape index (κ2) is 7.19. The zero-order chi connectivity index (χ0) is 16.1. The molecular formula is C13H9ClFN3O3S. The molecule has 1 aromatic rings. The number of ether oxygens (including phenoxy) is 1. The molecule has 0 unspecified atom stereocenters. The second-order valence-corrected chi connectivity index (χ2v) is 5.31. The van der Waals surface area contributed by atoms with Crippen molar-refractivity contribution in [3.05, 3.63) is 45.6 Å². The van der Waals surface area contributed by atoms with Crippen molar-refractivity contribution in [2.45, 2.75) is 0 Å². The van der Waals surface area contributed by atoms with Crippen LogP contribution in [0.4, 0.5) is 4.39 Å². The van der Waals surface area contributed by atoms with Crippen LogP contribution in [0.1, 0.15) is 5.56 Å². The maximum Gasteiger partial charge on any atom is 0.331 e. The van der Waals surface area contributed by atoms with Gasteiger partial charge in [0.2, 0.25) is 0 Å². The molecular weight excluding hydrogens is 333 g/mol. The second-order valence-electron chi connectivity index (χ2n) is 3.87. The molecule has 0 saturated carbocycles. The molecule has 1 aromatic carbocycles. The van der Waals surface area contributed by atoms with Gasteiger partial charge in [0.05, 0.1) is 23.3 Å². The molecule has 1 aliphatic rings. The van der Waals surface area contributed by atoms with Gasteiger partial charge >= 0.3 is 5.97 Å². The van der Waals surface area contributed by atoms with E-state index in [-0.39, 0.29) is 20.7 Å². The summed E-state index contributed by atoms with van der Waals surface area (Å²) in [6.45, 7) is 0. The van der Waals surface area contributed by atoms with E-state index in [4.69, 9.17) is 11.6 Å². The number of amidine groups is 1. The van der Waals surface area contributed by atoms with Crippen molar-refractivity contribution in [3.8, 4) is 0 Å². The number of nitrogens with one attached hydrogen (secondary N) is 1. The van der Waals surface area contributed by atoms with Crippen LogP contribution in [0, 0.1) is 5.82 Å². The lowest BCUT2D eigenvalue weighted by Gasteiger charge is -1.97. The van der Waals surface area contributed by atoms with E-state index in [1.807, 2.05) is 0 Å². The fraction of sp³-hybridized carbons (Fsp3) is 0.0769. The molecule has 9 heteroatoms. The van der Waals surface area contributed by atoms with Crippen molar-refractivity contribution in [2.24, 2.45) is 10.2 Å². The Balaban J connectivity index is 2.12. The summed E-state index contributed by atoms with van der Waals surface area (Å²) in [4.78, 5) is 22.8. The summed E-state index contributed by atoms with van der Waals surface area (Å²) in [6.07, 6.45) is 2.18. The number of thioether (sulfide) groups is 1. The molecule has 114 valence electrons. The molecule has 1 amide bonds. The lowest BCUT2D eigenvalue weighted by molar-refractivity contribution is -0.135. The molecule has 1 fully saturated rings. The Bertz CT molecular complexity index is 698. The van der Waals surface area contributed by atoms with Crippen LogP contribution in [-0.2, 0) is 14.3 Å². The van der Waals surface area contributed by atoms with Gasteiger partial charge in [-0.3, -0.25) is 10.1 Å². The Hall–Kier alpha value is -2.19. The van der Waals surface area contributed by atoms with Crippen molar-refractivity contribution in [2.75, 3.05) is 7.11 Å². The maximum absolute atomic E-state index is 13.5. The first-order valence-electron chi connectivity index (χ1n) is 5.85. The predicted octanol–water partition coefficient (Wildman–Crippen LogP) is 2.09. The van der Waals surface area contributed by atoms with E-state index in [1.165, 1.54) is 25.3 Å². The Labute approximate surface area is 134 Å². The van der Waals surface area contributed by atoms with E-state index >= 15 is 0 Å². The van der Waals surface area contributed by atoms with Crippen molar-refractivity contribution < 1.29 is 18.7 Å². The van der Waals surface area contributed by atoms with E-state index in [9.17, 15) is 14.0 Å². The number of carbonyl (C=O) groups excluding carboxylic acids is 2. The highest BCUT2D eigenvalue weighted by molar-refractivity contribution is 8.18. The topological polar surface area (TPSA) is 80.1 Å². The Kier molecular flexibility index (Phi) is 5.29. The van der Waals surface area contributed by atoms with Gasteiger partial charge in [0.1, 0.15) is 5.82 Å². The zero-order valence-corrected chi connectivity index (χ0v) is 12.7. The van der Waals surface area contributed by atoms with Crippen LogP contribution in [0.25, 0.3) is 0 Å². The number of nitrogens with zero attached hydrogens (tertiary/aromatic N) is 2. The molecule has 0 atom stereocenters. The molecule has 0 bridgehead atoms. The van der Waals surface area contributed by atoms with Gasteiger partial charge in [-0.1, -0.05) is 17.7 Å². The minimum Gasteiger partial charge on any atom is -0.466 e. The summed E-state index contributed by atoms with van der Waals surface area (Å²) in [5.41, 5.74) is 0.0909. The lowest BCUT2D eigenvalue weighted by atomic mass is 10.2. The third-order valence-electron chi connectivity index (χ3n) is 2.44. The van der Waals surface area contributed by atoms with Crippen LogP contribution in [0.3, 0.4) is 0 Å². The number of hydrogen-bond acceptors (Lipinski definition) is 6. The Morgan fingerprint density at radius 3 is 2.95 bits per heavy atom. The van der Waals surface area contributed by atoms with Crippen molar-refractivity contribution in [3.63, 3.8) is 0 Å². The number of methoxy groups -OCH3 is 1. The zero-order valence-electron chi connectivity index (χ0n) is 11.2. The minimum absolute atomic E-state index is 0.0909. The first-order valence-corrected chi connectivity index (χ1v) is 7.04. The van der Waals surface area contributed by atoms with E-state index in [0.717, 1.165) is 24.1 Å². The molecule has 22 heavy (non-hydrogen) atoms. The van der Waals surface area contributed by atoms with Crippen molar-refractivity contribution in [1.29, 1.82) is 0 Å². The molecule has 1 N–H and O–H groups in total. The third kappa shape index (κ3) is 3.92. The highest BCUT2D eigenvalue weighted by Gasteiger charge is 2.25. The van der Waals surface area contributed by atoms with Crippen LogP contribution in [0.2, 0.25) is 5.02 Å². The average molecular weight is 342 g/mol. The standard InChI is InChI=1S/C13H9ClFN3O3S/c1-21-11(19)5-10-12(20)17-13(22-10)18-16-6-7-8(14)3-2-4-9(7)15/h2-6H,1H3,(H,17,18,20)/b10-5-,16-6+. The van der Waals surface area contributed by atoms with Gasteiger partial charge in [0, 0.05) is 11.6 Å². The summed E-state index contributed by atoms with van der Waals surface area (Å²) < 4.78 is 17.9. The quantitative estimate of drug-likeness (QED) is 0.395. The smallest absolute Gasteiger partial charge is 0.331 e. The van der Waals surface area contributed by atoms with E-state index < -0.39 is 17.7 Å². The SMILES string of the molecule is COC(=O)/C=C1\S/C(=N/N=C/c2c(F)cccc2Cl)NC1=O. The first kappa shape index (κ1) is 16.2. The molecule has 0 spiro atoms. The van der Waals surface area contributed by atoms with Crippen molar-refractivity contribution >= 4 is 46.6 Å². The number of halogens is 2. The number of amides is 1. The highest BCUT2D eigenvalue weighted by atomic mass is 35.5. The van der Waals surface area contributed by atoms with Gasteiger partial charge in [-0.05, 0) is 23.9 Å². The van der Waals surface area contributed by atoms with Crippen LogP contribution in [-0.4, -0.2) is 30.4 Å². The van der Waals surface area contributed by atoms with Gasteiger partial charge in [-0.15, -0.1) is 5.10 Å². The minimum atomic E-state index is -0.652. The van der Waals surface area contributed by atoms with Crippen LogP contribution >= 0.6 is 23.4 Å². The molecule has 1 aliphatic heterocycles. The summed E-state index contributed by atoms with van der Waals surface area (Å²) in [5, 5.41) is 10.2. The molecule has 0 aromatic heterocycles. The van der Waals surface area contributed by atoms with Crippen molar-refractivity contribution in [1.82, 2.24) is 5.32 Å². The summed E-state index contributed by atoms with van der Waals surface area (Å²) in [7, 11) is 1.20. The van der Waals surface area contributed by atoms with E-state index in [2.05, 4.69) is 20.3 Å². The van der Waals surface area contributed by atoms with E-state index in [1.54, 1.807) is 0 Å². The fourth-order valence-corrected chi connectivity index (χ4v) is 2.36. The fourth-order valence-electron chi connectivity index (χ4n) is 1.41. The van der Waals surface area contributed by atoms with Gasteiger partial charge in [-0.25, -0.2) is 9.18 Å². The Morgan fingerprint density at radius 1 is 1.50 bits per heavy atom. The molecule has 1 heterocycles. The number of benzene rings is 1. The van der Waals surface area contributed by atoms with Gasteiger partial charge < -0.3 is 4.74 Å². The van der Waals surface area contributed by atoms with Crippen LogP contribution < -0.4 is 5.32 Å². The van der Waals surface area contributed by atoms with Crippen LogP contribution in [0.5, 0.6) is 0 Å². The average Bonchev–Trinajstić information content (AvgIpc) is 2.82. The number of rotatable bonds is 3. The maximum atomic E-state index is 13.5. The van der Waals surface area contributed by atoms with Gasteiger partial charge in [-0.2, -0.15) is 5.10 Å². The van der Waals surface area contributed by atoms with Crippen LogP contribution in [0.15, 0.2) is 39.4 Å². The monoisotopic (exact) mass is 341 g/mol. The number of esters is 1. The lowest BCUT2D eigenvalue weighted by Crippen LogP contribution is -2.19. The van der Waals surface area contributed by atoms with Gasteiger partial charge in [0.25, 0.3) is 5.91 Å². The molecule has 0 aliphatic carbocycles. The molecule has 6 nitrogen and oxygen atoms in total. The molecule has 0 radical (unpaired) electrons. The molecule has 2 rings (SSSR count). The normalized spacial score (nSPS) is 18.2. The van der Waals surface area contributed by atoms with Gasteiger partial charge in [0.15, 0.2) is 5.17 Å². The summed E-state index contributed by atoms with van der Waals surface area (Å²) >= 11 is 6.74. The highest BCUT2D eigenvalue weighted by Crippen LogP contribution is 2.23. The predicted molar refractivity (Wildman–Crippen MR) is 82.3 cm³/mol.